The monoisotopic (exact) mass is 393 g/mol. The van der Waals surface area contributed by atoms with Crippen molar-refractivity contribution in [3.8, 4) is 0 Å². The summed E-state index contributed by atoms with van der Waals surface area (Å²) in [5.74, 6) is 0.198. The first-order valence-corrected chi connectivity index (χ1v) is 11.4. The van der Waals surface area contributed by atoms with Gasteiger partial charge in [0.15, 0.2) is 0 Å². The van der Waals surface area contributed by atoms with Crippen molar-refractivity contribution < 1.29 is 13.2 Å². The first kappa shape index (κ1) is 20.3. The van der Waals surface area contributed by atoms with Crippen LogP contribution in [0.15, 0.2) is 29.2 Å². The average Bonchev–Trinajstić information content (AvgIpc) is 3.08. The molecular weight excluding hydrogens is 362 g/mol. The molecule has 2 aliphatic rings. The largest absolute Gasteiger partial charge is 0.336 e. The highest BCUT2D eigenvalue weighted by molar-refractivity contribution is 7.89. The van der Waals surface area contributed by atoms with Crippen LogP contribution in [0.3, 0.4) is 0 Å². The second kappa shape index (κ2) is 8.29. The maximum absolute atomic E-state index is 13.1. The summed E-state index contributed by atoms with van der Waals surface area (Å²) in [7, 11) is -1.94. The second-order valence-corrected chi connectivity index (χ2v) is 9.98. The van der Waals surface area contributed by atoms with Gasteiger partial charge in [-0.15, -0.1) is 0 Å². The predicted molar refractivity (Wildman–Crippen MR) is 106 cm³/mol. The Morgan fingerprint density at radius 3 is 2.59 bits per heavy atom. The van der Waals surface area contributed by atoms with Gasteiger partial charge in [0.05, 0.1) is 4.90 Å². The fraction of sp³-hybridized carbons (Fsp3) is 0.650. The average molecular weight is 394 g/mol. The molecule has 1 aliphatic heterocycles. The van der Waals surface area contributed by atoms with E-state index < -0.39 is 10.0 Å². The van der Waals surface area contributed by atoms with Crippen LogP contribution in [0.1, 0.15) is 55.8 Å². The van der Waals surface area contributed by atoms with E-state index in [-0.39, 0.29) is 22.9 Å². The van der Waals surface area contributed by atoms with E-state index in [1.165, 1.54) is 16.8 Å². The van der Waals surface area contributed by atoms with Gasteiger partial charge in [0.2, 0.25) is 10.0 Å². The van der Waals surface area contributed by atoms with Crippen LogP contribution in [0, 0.1) is 5.92 Å². The second-order valence-electron chi connectivity index (χ2n) is 7.98. The van der Waals surface area contributed by atoms with E-state index in [4.69, 9.17) is 5.73 Å². The van der Waals surface area contributed by atoms with Gasteiger partial charge in [0.25, 0.3) is 5.91 Å². The van der Waals surface area contributed by atoms with Gasteiger partial charge < -0.3 is 10.6 Å². The lowest BCUT2D eigenvalue weighted by Crippen LogP contribution is -2.38. The fourth-order valence-corrected chi connectivity index (χ4v) is 5.82. The number of carbonyl (C=O) groups excluding carboxylic acids is 1. The number of hydrogen-bond acceptors (Lipinski definition) is 4. The Morgan fingerprint density at radius 2 is 1.96 bits per heavy atom. The number of rotatable bonds is 5. The van der Waals surface area contributed by atoms with E-state index in [0.717, 1.165) is 32.1 Å². The standard InChI is InChI=1S/C20H31N3O3S/c1-15-11-16(13-21)14-23(15)20(24)17-7-6-10-19(12-17)27(25,26)22(2)18-8-4-3-5-9-18/h6-7,10,12,15-16,18H,3-5,8-9,11,13-14,21H2,1-2H3. The lowest BCUT2D eigenvalue weighted by atomic mass is 9.96. The lowest BCUT2D eigenvalue weighted by Gasteiger charge is -2.30. The molecule has 0 bridgehead atoms. The summed E-state index contributed by atoms with van der Waals surface area (Å²) in [4.78, 5) is 15.0. The minimum atomic E-state index is -3.60. The number of benzene rings is 1. The van der Waals surface area contributed by atoms with Gasteiger partial charge in [-0.1, -0.05) is 25.3 Å². The molecule has 0 spiro atoms. The van der Waals surface area contributed by atoms with Crippen molar-refractivity contribution in [2.75, 3.05) is 20.1 Å². The zero-order valence-corrected chi connectivity index (χ0v) is 17.1. The number of hydrogen-bond donors (Lipinski definition) is 1. The van der Waals surface area contributed by atoms with Crippen molar-refractivity contribution in [1.82, 2.24) is 9.21 Å². The van der Waals surface area contributed by atoms with Crippen molar-refractivity contribution in [1.29, 1.82) is 0 Å². The number of sulfonamides is 1. The summed E-state index contributed by atoms with van der Waals surface area (Å²) in [6.45, 7) is 3.22. The Balaban J connectivity index is 1.81. The van der Waals surface area contributed by atoms with Gasteiger partial charge in [-0.3, -0.25) is 4.79 Å². The summed E-state index contributed by atoms with van der Waals surface area (Å²) in [6, 6.07) is 6.64. The Hall–Kier alpha value is -1.44. The summed E-state index contributed by atoms with van der Waals surface area (Å²) in [6.07, 6.45) is 6.01. The topological polar surface area (TPSA) is 83.7 Å². The van der Waals surface area contributed by atoms with E-state index in [2.05, 4.69) is 0 Å². The number of nitrogens with two attached hydrogens (primary N) is 1. The maximum Gasteiger partial charge on any atom is 0.254 e. The minimum absolute atomic E-state index is 0.0482. The Bertz CT molecular complexity index is 774. The molecular formula is C20H31N3O3S. The molecule has 1 heterocycles. The molecule has 0 radical (unpaired) electrons. The van der Waals surface area contributed by atoms with Crippen molar-refractivity contribution in [3.63, 3.8) is 0 Å². The molecule has 27 heavy (non-hydrogen) atoms. The molecule has 1 aromatic rings. The van der Waals surface area contributed by atoms with Crippen LogP contribution in [-0.4, -0.2) is 55.8 Å². The van der Waals surface area contributed by atoms with Crippen molar-refractivity contribution >= 4 is 15.9 Å². The molecule has 150 valence electrons. The quantitative estimate of drug-likeness (QED) is 0.833. The minimum Gasteiger partial charge on any atom is -0.336 e. The van der Waals surface area contributed by atoms with Crippen LogP contribution in [-0.2, 0) is 10.0 Å². The molecule has 2 N–H and O–H groups in total. The van der Waals surface area contributed by atoms with Gasteiger partial charge in [0.1, 0.15) is 0 Å². The Kier molecular flexibility index (Phi) is 6.23. The predicted octanol–water partition coefficient (Wildman–Crippen LogP) is 2.45. The molecule has 2 atom stereocenters. The molecule has 7 heteroatoms. The van der Waals surface area contributed by atoms with Crippen LogP contribution >= 0.6 is 0 Å². The maximum atomic E-state index is 13.1. The number of amides is 1. The van der Waals surface area contributed by atoms with Crippen LogP contribution in [0.4, 0.5) is 0 Å². The van der Waals surface area contributed by atoms with E-state index in [0.29, 0.717) is 24.6 Å². The molecule has 6 nitrogen and oxygen atoms in total. The van der Waals surface area contributed by atoms with E-state index in [9.17, 15) is 13.2 Å². The normalized spacial score (nSPS) is 24.5. The molecule has 1 amide bonds. The lowest BCUT2D eigenvalue weighted by molar-refractivity contribution is 0.0743. The van der Waals surface area contributed by atoms with Gasteiger partial charge in [0, 0.05) is 31.2 Å². The van der Waals surface area contributed by atoms with Crippen LogP contribution in [0.5, 0.6) is 0 Å². The van der Waals surface area contributed by atoms with E-state index >= 15 is 0 Å². The molecule has 0 aromatic heterocycles. The van der Waals surface area contributed by atoms with Crippen LogP contribution in [0.2, 0.25) is 0 Å². The van der Waals surface area contributed by atoms with Crippen molar-refractivity contribution in [3.05, 3.63) is 29.8 Å². The van der Waals surface area contributed by atoms with Crippen LogP contribution in [0.25, 0.3) is 0 Å². The van der Waals surface area contributed by atoms with Gasteiger partial charge in [-0.25, -0.2) is 8.42 Å². The van der Waals surface area contributed by atoms with Gasteiger partial charge in [-0.05, 0) is 56.8 Å². The van der Waals surface area contributed by atoms with Crippen molar-refractivity contribution in [2.45, 2.75) is 62.4 Å². The fourth-order valence-electron chi connectivity index (χ4n) is 4.36. The zero-order chi connectivity index (χ0) is 19.6. The third-order valence-electron chi connectivity index (χ3n) is 6.10. The third kappa shape index (κ3) is 4.20. The molecule has 2 unspecified atom stereocenters. The molecule has 1 aliphatic carbocycles. The highest BCUT2D eigenvalue weighted by atomic mass is 32.2. The Morgan fingerprint density at radius 1 is 1.26 bits per heavy atom. The highest BCUT2D eigenvalue weighted by Crippen LogP contribution is 2.28. The molecule has 3 rings (SSSR count). The van der Waals surface area contributed by atoms with Gasteiger partial charge >= 0.3 is 0 Å². The summed E-state index contributed by atoms with van der Waals surface area (Å²) in [5, 5.41) is 0. The smallest absolute Gasteiger partial charge is 0.254 e. The van der Waals surface area contributed by atoms with Gasteiger partial charge in [-0.2, -0.15) is 4.31 Å². The first-order chi connectivity index (χ1) is 12.8. The molecule has 2 fully saturated rings. The molecule has 1 saturated heterocycles. The Labute approximate surface area is 162 Å². The van der Waals surface area contributed by atoms with E-state index in [1.807, 2.05) is 11.8 Å². The zero-order valence-electron chi connectivity index (χ0n) is 16.3. The van der Waals surface area contributed by atoms with Crippen molar-refractivity contribution in [2.24, 2.45) is 11.7 Å². The third-order valence-corrected chi connectivity index (χ3v) is 8.01. The molecule has 1 saturated carbocycles. The van der Waals surface area contributed by atoms with E-state index in [1.54, 1.807) is 25.2 Å². The number of carbonyl (C=O) groups is 1. The number of nitrogens with zero attached hydrogens (tertiary/aromatic N) is 2. The van der Waals surface area contributed by atoms with Crippen LogP contribution < -0.4 is 5.73 Å². The number of likely N-dealkylation sites (tertiary alicyclic amines) is 1. The highest BCUT2D eigenvalue weighted by Gasteiger charge is 2.33. The SMILES string of the molecule is CC1CC(CN)CN1C(=O)c1cccc(S(=O)(=O)N(C)C2CCCCC2)c1. The summed E-state index contributed by atoms with van der Waals surface area (Å²) < 4.78 is 27.6. The molecule has 1 aromatic carbocycles. The first-order valence-electron chi connectivity index (χ1n) is 9.93. The summed E-state index contributed by atoms with van der Waals surface area (Å²) >= 11 is 0. The summed E-state index contributed by atoms with van der Waals surface area (Å²) in [5.41, 5.74) is 6.19.